The number of amides is 2. The lowest BCUT2D eigenvalue weighted by Crippen LogP contribution is -2.58. The first-order chi connectivity index (χ1) is 16.3. The number of alkyl carbamates (subject to hydrolysis) is 1. The van der Waals surface area contributed by atoms with Crippen LogP contribution in [0.15, 0.2) is 48.5 Å². The zero-order chi connectivity index (χ0) is 24.3. The quantitative estimate of drug-likeness (QED) is 0.465. The third kappa shape index (κ3) is 4.62. The number of benzene rings is 2. The van der Waals surface area contributed by atoms with Crippen molar-refractivity contribution in [2.24, 2.45) is 5.92 Å². The van der Waals surface area contributed by atoms with E-state index in [4.69, 9.17) is 9.47 Å². The smallest absolute Gasteiger partial charge is 0.407 e. The van der Waals surface area contributed by atoms with Crippen molar-refractivity contribution >= 4 is 18.0 Å². The molecule has 4 rings (SSSR count). The Bertz CT molecular complexity index is 1040. The van der Waals surface area contributed by atoms with Gasteiger partial charge in [0.05, 0.1) is 6.61 Å². The molecule has 0 radical (unpaired) electrons. The van der Waals surface area contributed by atoms with E-state index in [0.29, 0.717) is 13.0 Å². The van der Waals surface area contributed by atoms with Crippen LogP contribution in [0.4, 0.5) is 4.79 Å². The van der Waals surface area contributed by atoms with E-state index in [-0.39, 0.29) is 25.0 Å². The molecule has 0 aromatic heterocycles. The highest BCUT2D eigenvalue weighted by Gasteiger charge is 2.41. The minimum Gasteiger partial charge on any atom is -0.479 e. The lowest BCUT2D eigenvalue weighted by Gasteiger charge is -2.27. The van der Waals surface area contributed by atoms with Gasteiger partial charge in [-0.3, -0.25) is 4.79 Å². The fourth-order valence-electron chi connectivity index (χ4n) is 4.50. The number of carbonyl (C=O) groups excluding carboxylic acids is 2. The Kier molecular flexibility index (Phi) is 6.85. The number of hydrogen-bond donors (Lipinski definition) is 4. The number of carbonyl (C=O) groups is 3. The molecule has 0 bridgehead atoms. The molecule has 3 unspecified atom stereocenters. The molecular weight excluding hydrogens is 440 g/mol. The average molecular weight is 469 g/mol. The predicted molar refractivity (Wildman–Crippen MR) is 122 cm³/mol. The van der Waals surface area contributed by atoms with Crippen molar-refractivity contribution in [2.45, 2.75) is 30.9 Å². The van der Waals surface area contributed by atoms with Crippen molar-refractivity contribution in [3.8, 4) is 11.1 Å². The van der Waals surface area contributed by atoms with Gasteiger partial charge in [0, 0.05) is 25.0 Å². The van der Waals surface area contributed by atoms with Gasteiger partial charge in [0.2, 0.25) is 5.91 Å². The molecule has 2 amide bonds. The molecule has 3 atom stereocenters. The molecule has 0 spiro atoms. The Labute approximate surface area is 197 Å². The summed E-state index contributed by atoms with van der Waals surface area (Å²) >= 11 is 0. The standard InChI is InChI=1S/C25H28N2O7/c1-25(14-28,23(30)31)27-22(29)21-15(10-11-33-21)12-26-24(32)34-13-20-18-8-4-2-6-16(18)17-7-3-5-9-19(17)20/h2-9,15,20-21,28H,10-14H2,1H3,(H,26,32)(H,27,29)(H,30,31). The van der Waals surface area contributed by atoms with Crippen LogP contribution >= 0.6 is 0 Å². The van der Waals surface area contributed by atoms with Crippen LogP contribution in [0.5, 0.6) is 0 Å². The summed E-state index contributed by atoms with van der Waals surface area (Å²) < 4.78 is 11.0. The number of aliphatic hydroxyl groups is 1. The zero-order valence-electron chi connectivity index (χ0n) is 18.8. The van der Waals surface area contributed by atoms with Gasteiger partial charge in [-0.1, -0.05) is 48.5 Å². The van der Waals surface area contributed by atoms with Gasteiger partial charge in [0.1, 0.15) is 12.7 Å². The second-order valence-corrected chi connectivity index (χ2v) is 8.83. The SMILES string of the molecule is CC(CO)(NC(=O)C1OCCC1CNC(=O)OCC1c2ccccc2-c2ccccc21)C(=O)O. The van der Waals surface area contributed by atoms with Gasteiger partial charge in [-0.15, -0.1) is 0 Å². The van der Waals surface area contributed by atoms with Crippen LogP contribution in [0.2, 0.25) is 0 Å². The number of fused-ring (bicyclic) bond motifs is 3. The first kappa shape index (κ1) is 23.7. The summed E-state index contributed by atoms with van der Waals surface area (Å²) in [4.78, 5) is 36.3. The molecule has 34 heavy (non-hydrogen) atoms. The maximum Gasteiger partial charge on any atom is 0.407 e. The molecular formula is C25H28N2O7. The van der Waals surface area contributed by atoms with E-state index >= 15 is 0 Å². The van der Waals surface area contributed by atoms with Gasteiger partial charge in [-0.05, 0) is 35.6 Å². The van der Waals surface area contributed by atoms with Crippen LogP contribution < -0.4 is 10.6 Å². The highest BCUT2D eigenvalue weighted by molar-refractivity contribution is 5.89. The number of carboxylic acid groups (broad SMARTS) is 1. The minimum atomic E-state index is -1.81. The summed E-state index contributed by atoms with van der Waals surface area (Å²) in [5, 5.41) is 23.6. The van der Waals surface area contributed by atoms with Gasteiger partial charge in [-0.2, -0.15) is 0 Å². The van der Waals surface area contributed by atoms with Crippen LogP contribution in [0.25, 0.3) is 11.1 Å². The summed E-state index contributed by atoms with van der Waals surface area (Å²) in [6.45, 7) is 1.07. The summed E-state index contributed by atoms with van der Waals surface area (Å²) in [6.07, 6.45) is -1.01. The van der Waals surface area contributed by atoms with E-state index in [9.17, 15) is 24.6 Å². The molecule has 9 nitrogen and oxygen atoms in total. The summed E-state index contributed by atoms with van der Waals surface area (Å²) in [5.74, 6) is -2.40. The van der Waals surface area contributed by atoms with Crippen molar-refractivity contribution in [1.82, 2.24) is 10.6 Å². The zero-order valence-corrected chi connectivity index (χ0v) is 18.8. The van der Waals surface area contributed by atoms with Gasteiger partial charge in [0.25, 0.3) is 0 Å². The molecule has 2 aromatic rings. The molecule has 1 aliphatic heterocycles. The maximum absolute atomic E-state index is 12.6. The van der Waals surface area contributed by atoms with Crippen molar-refractivity contribution in [2.75, 3.05) is 26.4 Å². The van der Waals surface area contributed by atoms with E-state index in [1.807, 2.05) is 36.4 Å². The Morgan fingerprint density at radius 2 is 1.71 bits per heavy atom. The average Bonchev–Trinajstić information content (AvgIpc) is 3.44. The lowest BCUT2D eigenvalue weighted by molar-refractivity contribution is -0.150. The fourth-order valence-corrected chi connectivity index (χ4v) is 4.50. The van der Waals surface area contributed by atoms with Crippen molar-refractivity contribution in [3.63, 3.8) is 0 Å². The van der Waals surface area contributed by atoms with Gasteiger partial charge in [0.15, 0.2) is 5.54 Å². The van der Waals surface area contributed by atoms with Crippen molar-refractivity contribution < 1.29 is 34.1 Å². The lowest BCUT2D eigenvalue weighted by atomic mass is 9.98. The van der Waals surface area contributed by atoms with E-state index in [2.05, 4.69) is 22.8 Å². The Morgan fingerprint density at radius 1 is 1.09 bits per heavy atom. The van der Waals surface area contributed by atoms with E-state index in [1.54, 1.807) is 0 Å². The molecule has 2 aromatic carbocycles. The molecule has 0 saturated carbocycles. The number of aliphatic carboxylic acids is 1. The number of carboxylic acids is 1. The molecule has 1 heterocycles. The molecule has 4 N–H and O–H groups in total. The number of nitrogens with one attached hydrogen (secondary N) is 2. The third-order valence-corrected chi connectivity index (χ3v) is 6.51. The van der Waals surface area contributed by atoms with E-state index in [1.165, 1.54) is 6.92 Å². The molecule has 180 valence electrons. The topological polar surface area (TPSA) is 134 Å². The Morgan fingerprint density at radius 3 is 2.29 bits per heavy atom. The first-order valence-corrected chi connectivity index (χ1v) is 11.2. The van der Waals surface area contributed by atoms with Crippen LogP contribution in [0.3, 0.4) is 0 Å². The monoisotopic (exact) mass is 468 g/mol. The number of hydrogen-bond acceptors (Lipinski definition) is 6. The normalized spacial score (nSPS) is 20.6. The highest BCUT2D eigenvalue weighted by Crippen LogP contribution is 2.44. The van der Waals surface area contributed by atoms with Gasteiger partial charge < -0.3 is 30.3 Å². The van der Waals surface area contributed by atoms with Crippen LogP contribution in [-0.4, -0.2) is 66.2 Å². The number of rotatable bonds is 8. The second kappa shape index (κ2) is 9.82. The van der Waals surface area contributed by atoms with Crippen molar-refractivity contribution in [1.29, 1.82) is 0 Å². The molecule has 1 saturated heterocycles. The first-order valence-electron chi connectivity index (χ1n) is 11.2. The summed E-state index contributed by atoms with van der Waals surface area (Å²) in [6, 6.07) is 16.1. The molecule has 1 fully saturated rings. The van der Waals surface area contributed by atoms with Gasteiger partial charge in [-0.25, -0.2) is 9.59 Å². The van der Waals surface area contributed by atoms with Crippen LogP contribution in [0, 0.1) is 5.92 Å². The molecule has 2 aliphatic rings. The number of ether oxygens (including phenoxy) is 2. The minimum absolute atomic E-state index is 0.0568. The van der Waals surface area contributed by atoms with Crippen LogP contribution in [-0.2, 0) is 19.1 Å². The number of aliphatic hydroxyl groups excluding tert-OH is 1. The second-order valence-electron chi connectivity index (χ2n) is 8.83. The Hall–Kier alpha value is -3.43. The van der Waals surface area contributed by atoms with Crippen LogP contribution in [0.1, 0.15) is 30.4 Å². The largest absolute Gasteiger partial charge is 0.479 e. The predicted octanol–water partition coefficient (Wildman–Crippen LogP) is 1.88. The maximum atomic E-state index is 12.6. The van der Waals surface area contributed by atoms with E-state index < -0.39 is 36.2 Å². The fraction of sp³-hybridized carbons (Fsp3) is 0.400. The van der Waals surface area contributed by atoms with Gasteiger partial charge >= 0.3 is 12.1 Å². The molecule has 9 heteroatoms. The highest BCUT2D eigenvalue weighted by atomic mass is 16.5. The third-order valence-electron chi connectivity index (χ3n) is 6.51. The van der Waals surface area contributed by atoms with Crippen molar-refractivity contribution in [3.05, 3.63) is 59.7 Å². The Balaban J connectivity index is 1.32. The molecule has 1 aliphatic carbocycles. The summed E-state index contributed by atoms with van der Waals surface area (Å²) in [7, 11) is 0. The van der Waals surface area contributed by atoms with E-state index in [0.717, 1.165) is 22.3 Å². The summed E-state index contributed by atoms with van der Waals surface area (Å²) in [5.41, 5.74) is 2.69.